The number of benzene rings is 2. The molecule has 0 saturated heterocycles. The Bertz CT molecular complexity index is 643. The first-order chi connectivity index (χ1) is 10.1. The lowest BCUT2D eigenvalue weighted by Crippen LogP contribution is -2.02. The molecule has 110 valence electrons. The summed E-state index contributed by atoms with van der Waals surface area (Å²) < 4.78 is 5.59. The third kappa shape index (κ3) is 4.16. The average Bonchev–Trinajstić information content (AvgIpc) is 2.45. The molecule has 5 heteroatoms. The topological polar surface area (TPSA) is 46.5 Å². The molecule has 0 heterocycles. The lowest BCUT2D eigenvalue weighted by atomic mass is 10.1. The zero-order valence-corrected chi connectivity index (χ0v) is 13.1. The number of carboxylic acids is 1. The third-order valence-corrected chi connectivity index (χ3v) is 4.29. The average molecular weight is 323 g/mol. The van der Waals surface area contributed by atoms with Gasteiger partial charge in [-0.3, -0.25) is 4.79 Å². The molecule has 0 aliphatic rings. The molecule has 0 atom stereocenters. The summed E-state index contributed by atoms with van der Waals surface area (Å²) in [4.78, 5) is 12.8. The number of halogens is 1. The van der Waals surface area contributed by atoms with E-state index in [2.05, 4.69) is 0 Å². The Morgan fingerprint density at radius 2 is 1.90 bits per heavy atom. The van der Waals surface area contributed by atoms with Crippen LogP contribution in [0.5, 0.6) is 5.75 Å². The van der Waals surface area contributed by atoms with Crippen molar-refractivity contribution in [3.8, 4) is 5.75 Å². The van der Waals surface area contributed by atoms with E-state index in [1.807, 2.05) is 43.3 Å². The Balaban J connectivity index is 2.35. The summed E-state index contributed by atoms with van der Waals surface area (Å²) in [5.74, 6) is -0.116. The smallest absolute Gasteiger partial charge is 0.307 e. The Morgan fingerprint density at radius 3 is 2.62 bits per heavy atom. The van der Waals surface area contributed by atoms with Crippen LogP contribution in [0.2, 0.25) is 5.02 Å². The SMILES string of the molecule is CCOc1ccccc1Sc1cccc(Cl)c1CC(=O)O. The van der Waals surface area contributed by atoms with Gasteiger partial charge in [-0.2, -0.15) is 0 Å². The van der Waals surface area contributed by atoms with Crippen LogP contribution in [0.25, 0.3) is 0 Å². The molecular formula is C16H15ClO3S. The summed E-state index contributed by atoms with van der Waals surface area (Å²) in [7, 11) is 0. The molecule has 2 aromatic carbocycles. The van der Waals surface area contributed by atoms with E-state index in [-0.39, 0.29) is 6.42 Å². The van der Waals surface area contributed by atoms with Gasteiger partial charge in [0, 0.05) is 9.92 Å². The fraction of sp³-hybridized carbons (Fsp3) is 0.188. The van der Waals surface area contributed by atoms with Crippen LogP contribution < -0.4 is 4.74 Å². The van der Waals surface area contributed by atoms with Crippen LogP contribution in [0.15, 0.2) is 52.3 Å². The van der Waals surface area contributed by atoms with Gasteiger partial charge in [0.2, 0.25) is 0 Å². The Labute approximate surface area is 132 Å². The molecule has 0 unspecified atom stereocenters. The van der Waals surface area contributed by atoms with Crippen LogP contribution >= 0.6 is 23.4 Å². The second kappa shape index (κ2) is 7.38. The van der Waals surface area contributed by atoms with Crippen molar-refractivity contribution in [3.63, 3.8) is 0 Å². The van der Waals surface area contributed by atoms with E-state index in [1.165, 1.54) is 11.8 Å². The third-order valence-electron chi connectivity index (χ3n) is 2.77. The van der Waals surface area contributed by atoms with Gasteiger partial charge < -0.3 is 9.84 Å². The molecule has 0 saturated carbocycles. The molecule has 0 aliphatic carbocycles. The van der Waals surface area contributed by atoms with Crippen LogP contribution in [0, 0.1) is 0 Å². The molecule has 0 spiro atoms. The van der Waals surface area contributed by atoms with E-state index in [9.17, 15) is 4.79 Å². The fourth-order valence-corrected chi connectivity index (χ4v) is 3.25. The largest absolute Gasteiger partial charge is 0.493 e. The minimum Gasteiger partial charge on any atom is -0.493 e. The summed E-state index contributed by atoms with van der Waals surface area (Å²) >= 11 is 7.60. The Hall–Kier alpha value is -1.65. The van der Waals surface area contributed by atoms with Crippen molar-refractivity contribution in [2.45, 2.75) is 23.1 Å². The van der Waals surface area contributed by atoms with E-state index in [0.717, 1.165) is 15.5 Å². The van der Waals surface area contributed by atoms with Crippen molar-refractivity contribution < 1.29 is 14.6 Å². The molecule has 0 amide bonds. The van der Waals surface area contributed by atoms with Crippen LogP contribution in [0.3, 0.4) is 0 Å². The van der Waals surface area contributed by atoms with Gasteiger partial charge >= 0.3 is 5.97 Å². The predicted octanol–water partition coefficient (Wildman–Crippen LogP) is 4.52. The van der Waals surface area contributed by atoms with E-state index in [1.54, 1.807) is 6.07 Å². The number of rotatable bonds is 6. The maximum atomic E-state index is 11.0. The van der Waals surface area contributed by atoms with Crippen molar-refractivity contribution in [1.82, 2.24) is 0 Å². The Kier molecular flexibility index (Phi) is 5.53. The lowest BCUT2D eigenvalue weighted by molar-refractivity contribution is -0.136. The first-order valence-electron chi connectivity index (χ1n) is 6.50. The van der Waals surface area contributed by atoms with Crippen LogP contribution in [0.1, 0.15) is 12.5 Å². The van der Waals surface area contributed by atoms with Crippen molar-refractivity contribution >= 4 is 29.3 Å². The Morgan fingerprint density at radius 1 is 1.19 bits per heavy atom. The van der Waals surface area contributed by atoms with Crippen molar-refractivity contribution in [2.24, 2.45) is 0 Å². The van der Waals surface area contributed by atoms with Gasteiger partial charge in [-0.05, 0) is 36.8 Å². The second-order valence-corrected chi connectivity index (χ2v) is 5.76. The summed E-state index contributed by atoms with van der Waals surface area (Å²) in [6.45, 7) is 2.51. The number of para-hydroxylation sites is 1. The summed E-state index contributed by atoms with van der Waals surface area (Å²) in [6.07, 6.45) is -0.0984. The van der Waals surface area contributed by atoms with Gasteiger partial charge in [-0.15, -0.1) is 0 Å². The highest BCUT2D eigenvalue weighted by Gasteiger charge is 2.13. The van der Waals surface area contributed by atoms with Crippen LogP contribution in [-0.4, -0.2) is 17.7 Å². The molecule has 3 nitrogen and oxygen atoms in total. The van der Waals surface area contributed by atoms with Gasteiger partial charge in [-0.1, -0.05) is 41.6 Å². The van der Waals surface area contributed by atoms with Crippen molar-refractivity contribution in [2.75, 3.05) is 6.61 Å². The highest BCUT2D eigenvalue weighted by molar-refractivity contribution is 7.99. The number of aliphatic carboxylic acids is 1. The molecule has 1 N–H and O–H groups in total. The maximum absolute atomic E-state index is 11.0. The van der Waals surface area contributed by atoms with E-state index >= 15 is 0 Å². The lowest BCUT2D eigenvalue weighted by Gasteiger charge is -2.12. The number of hydrogen-bond acceptors (Lipinski definition) is 3. The monoisotopic (exact) mass is 322 g/mol. The molecular weight excluding hydrogens is 308 g/mol. The molecule has 0 aliphatic heterocycles. The van der Waals surface area contributed by atoms with E-state index in [0.29, 0.717) is 17.2 Å². The molecule has 2 aromatic rings. The normalized spacial score (nSPS) is 10.4. The minimum atomic E-state index is -0.900. The standard InChI is InChI=1S/C16H15ClO3S/c1-2-20-13-7-3-4-8-15(13)21-14-9-5-6-12(17)11(14)10-16(18)19/h3-9H,2,10H2,1H3,(H,18,19). The summed E-state index contributed by atoms with van der Waals surface area (Å²) in [5.41, 5.74) is 0.628. The van der Waals surface area contributed by atoms with Crippen LogP contribution in [-0.2, 0) is 11.2 Å². The van der Waals surface area contributed by atoms with Gasteiger partial charge in [0.1, 0.15) is 5.75 Å². The summed E-state index contributed by atoms with van der Waals surface area (Å²) in [6, 6.07) is 13.1. The second-order valence-electron chi connectivity index (χ2n) is 4.27. The van der Waals surface area contributed by atoms with E-state index < -0.39 is 5.97 Å². The highest BCUT2D eigenvalue weighted by Crippen LogP contribution is 2.38. The predicted molar refractivity (Wildman–Crippen MR) is 84.5 cm³/mol. The summed E-state index contributed by atoms with van der Waals surface area (Å²) in [5, 5.41) is 9.50. The molecule has 2 rings (SSSR count). The minimum absolute atomic E-state index is 0.0984. The highest BCUT2D eigenvalue weighted by atomic mass is 35.5. The van der Waals surface area contributed by atoms with Gasteiger partial charge in [0.25, 0.3) is 0 Å². The van der Waals surface area contributed by atoms with E-state index in [4.69, 9.17) is 21.4 Å². The number of carboxylic acid groups (broad SMARTS) is 1. The molecule has 0 aromatic heterocycles. The maximum Gasteiger partial charge on any atom is 0.307 e. The zero-order chi connectivity index (χ0) is 15.2. The number of carbonyl (C=O) groups is 1. The fourth-order valence-electron chi connectivity index (χ4n) is 1.88. The molecule has 0 radical (unpaired) electrons. The molecule has 0 fully saturated rings. The molecule has 21 heavy (non-hydrogen) atoms. The van der Waals surface area contributed by atoms with Gasteiger partial charge in [0.15, 0.2) is 0 Å². The first-order valence-corrected chi connectivity index (χ1v) is 7.70. The number of ether oxygens (including phenoxy) is 1. The van der Waals surface area contributed by atoms with Crippen molar-refractivity contribution in [3.05, 3.63) is 53.1 Å². The first kappa shape index (κ1) is 15.7. The van der Waals surface area contributed by atoms with Crippen molar-refractivity contribution in [1.29, 1.82) is 0 Å². The zero-order valence-electron chi connectivity index (χ0n) is 11.5. The van der Waals surface area contributed by atoms with Gasteiger partial charge in [0.05, 0.1) is 17.9 Å². The quantitative estimate of drug-likeness (QED) is 0.849. The molecule has 0 bridgehead atoms. The van der Waals surface area contributed by atoms with Crippen LogP contribution in [0.4, 0.5) is 0 Å². The number of hydrogen-bond donors (Lipinski definition) is 1. The van der Waals surface area contributed by atoms with Gasteiger partial charge in [-0.25, -0.2) is 0 Å².